The summed E-state index contributed by atoms with van der Waals surface area (Å²) in [6.07, 6.45) is -1.29. The van der Waals surface area contributed by atoms with Gasteiger partial charge in [0, 0.05) is 44.9 Å². The maximum atomic E-state index is 13.0. The zero-order valence-electron chi connectivity index (χ0n) is 17.6. The Labute approximate surface area is 178 Å². The van der Waals surface area contributed by atoms with Crippen LogP contribution in [0.4, 0.5) is 13.2 Å². The molecule has 4 heterocycles. The Morgan fingerprint density at radius 3 is 2.35 bits per heavy atom. The van der Waals surface area contributed by atoms with Gasteiger partial charge in [0.15, 0.2) is 5.76 Å². The van der Waals surface area contributed by atoms with E-state index < -0.39 is 12.1 Å². The number of ether oxygens (including phenoxy) is 1. The number of halogens is 3. The number of hydrogen-bond acceptors (Lipinski definition) is 6. The van der Waals surface area contributed by atoms with Crippen molar-refractivity contribution in [2.24, 2.45) is 0 Å². The average Bonchev–Trinajstić information content (AvgIpc) is 3.32. The standard InChI is InChI=1S/C18H27N3O3.C2HF3O2/c1-13-5-11-24-16(13)18(22)21-12-15(17-14(21)4-3-10-23-17)20-8-6-19(2)7-9-20;3-2(4,5)1(6)7/h5,11,14-15,17H,3-4,6-10,12H2,1-2H3;(H,6,7)/t14-,15-,17+;/m1./s1. The summed E-state index contributed by atoms with van der Waals surface area (Å²) < 4.78 is 43.3. The average molecular weight is 447 g/mol. The fraction of sp³-hybridized carbons (Fsp3) is 0.700. The summed E-state index contributed by atoms with van der Waals surface area (Å²) >= 11 is 0. The molecule has 3 fully saturated rings. The van der Waals surface area contributed by atoms with E-state index in [0.717, 1.165) is 57.7 Å². The van der Waals surface area contributed by atoms with Crippen LogP contribution in [0, 0.1) is 6.92 Å². The third-order valence-corrected chi connectivity index (χ3v) is 6.06. The molecule has 1 aromatic heterocycles. The molecule has 0 spiro atoms. The molecule has 0 unspecified atom stereocenters. The van der Waals surface area contributed by atoms with Crippen molar-refractivity contribution in [3.63, 3.8) is 0 Å². The number of piperazine rings is 1. The third kappa shape index (κ3) is 5.39. The first kappa shape index (κ1) is 23.6. The maximum Gasteiger partial charge on any atom is 0.490 e. The molecule has 0 aromatic carbocycles. The van der Waals surface area contributed by atoms with Gasteiger partial charge in [-0.3, -0.25) is 9.69 Å². The van der Waals surface area contributed by atoms with Crippen molar-refractivity contribution in [3.8, 4) is 0 Å². The number of alkyl halides is 3. The topological polar surface area (TPSA) is 86.5 Å². The zero-order chi connectivity index (χ0) is 22.8. The summed E-state index contributed by atoms with van der Waals surface area (Å²) in [6, 6.07) is 2.35. The number of carbonyl (C=O) groups excluding carboxylic acids is 1. The van der Waals surface area contributed by atoms with Crippen molar-refractivity contribution < 1.29 is 37.0 Å². The summed E-state index contributed by atoms with van der Waals surface area (Å²) in [5, 5.41) is 7.12. The second-order valence-corrected chi connectivity index (χ2v) is 8.14. The molecule has 31 heavy (non-hydrogen) atoms. The monoisotopic (exact) mass is 447 g/mol. The van der Waals surface area contributed by atoms with Crippen LogP contribution in [0.5, 0.6) is 0 Å². The van der Waals surface area contributed by atoms with E-state index in [-0.39, 0.29) is 18.1 Å². The van der Waals surface area contributed by atoms with Gasteiger partial charge >= 0.3 is 12.1 Å². The van der Waals surface area contributed by atoms with Gasteiger partial charge in [0.1, 0.15) is 0 Å². The van der Waals surface area contributed by atoms with E-state index in [4.69, 9.17) is 19.1 Å². The first-order valence-corrected chi connectivity index (χ1v) is 10.3. The number of carboxylic acids is 1. The second-order valence-electron chi connectivity index (χ2n) is 8.14. The summed E-state index contributed by atoms with van der Waals surface area (Å²) in [7, 11) is 2.17. The molecule has 174 valence electrons. The van der Waals surface area contributed by atoms with E-state index in [9.17, 15) is 18.0 Å². The fourth-order valence-electron chi connectivity index (χ4n) is 4.36. The first-order valence-electron chi connectivity index (χ1n) is 10.3. The van der Waals surface area contributed by atoms with Crippen molar-refractivity contribution >= 4 is 11.9 Å². The lowest BCUT2D eigenvalue weighted by Crippen LogP contribution is -2.54. The molecule has 8 nitrogen and oxygen atoms in total. The Hall–Kier alpha value is -2.11. The van der Waals surface area contributed by atoms with Crippen LogP contribution in [-0.2, 0) is 9.53 Å². The molecule has 1 amide bonds. The Balaban J connectivity index is 0.000000339. The lowest BCUT2D eigenvalue weighted by atomic mass is 9.99. The Kier molecular flexibility index (Phi) is 7.28. The molecule has 3 aliphatic heterocycles. The van der Waals surface area contributed by atoms with Crippen molar-refractivity contribution in [2.45, 2.75) is 44.1 Å². The number of likely N-dealkylation sites (N-methyl/N-ethyl adjacent to an activating group) is 1. The molecule has 3 aliphatic rings. The maximum absolute atomic E-state index is 13.0. The van der Waals surface area contributed by atoms with E-state index >= 15 is 0 Å². The minimum absolute atomic E-state index is 0.0228. The van der Waals surface area contributed by atoms with Crippen LogP contribution in [0.2, 0.25) is 0 Å². The first-order chi connectivity index (χ1) is 14.6. The number of aliphatic carboxylic acids is 1. The van der Waals surface area contributed by atoms with Gasteiger partial charge in [-0.05, 0) is 32.9 Å². The SMILES string of the molecule is Cc1ccoc1C(=O)N1C[C@@H](N2CCN(C)CC2)[C@H]2OCCC[C@H]21.O=C(O)C(F)(F)F. The van der Waals surface area contributed by atoms with Crippen LogP contribution in [0.25, 0.3) is 0 Å². The Morgan fingerprint density at radius 1 is 1.16 bits per heavy atom. The predicted octanol–water partition coefficient (Wildman–Crippen LogP) is 1.84. The lowest BCUT2D eigenvalue weighted by Gasteiger charge is -2.39. The zero-order valence-corrected chi connectivity index (χ0v) is 17.6. The highest BCUT2D eigenvalue weighted by atomic mass is 19.4. The van der Waals surface area contributed by atoms with Crippen molar-refractivity contribution in [2.75, 3.05) is 46.4 Å². The van der Waals surface area contributed by atoms with E-state index in [1.165, 1.54) is 0 Å². The molecule has 3 saturated heterocycles. The fourth-order valence-corrected chi connectivity index (χ4v) is 4.36. The van der Waals surface area contributed by atoms with Gasteiger partial charge in [0.2, 0.25) is 0 Å². The van der Waals surface area contributed by atoms with E-state index in [2.05, 4.69) is 16.8 Å². The molecule has 0 saturated carbocycles. The summed E-state index contributed by atoms with van der Waals surface area (Å²) in [6.45, 7) is 7.76. The van der Waals surface area contributed by atoms with Crippen LogP contribution < -0.4 is 0 Å². The number of rotatable bonds is 2. The number of aryl methyl sites for hydroxylation is 1. The van der Waals surface area contributed by atoms with Crippen LogP contribution in [0.1, 0.15) is 29.0 Å². The molecule has 11 heteroatoms. The van der Waals surface area contributed by atoms with Crippen molar-refractivity contribution in [3.05, 3.63) is 23.7 Å². The van der Waals surface area contributed by atoms with Crippen LogP contribution >= 0.6 is 0 Å². The van der Waals surface area contributed by atoms with E-state index in [0.29, 0.717) is 11.8 Å². The molecule has 0 radical (unpaired) electrons. The number of nitrogens with zero attached hydrogens (tertiary/aromatic N) is 3. The van der Waals surface area contributed by atoms with Crippen LogP contribution in [0.3, 0.4) is 0 Å². The third-order valence-electron chi connectivity index (χ3n) is 6.06. The molecule has 0 bridgehead atoms. The Bertz CT molecular complexity index is 776. The van der Waals surface area contributed by atoms with Gasteiger partial charge in [0.05, 0.1) is 24.5 Å². The van der Waals surface area contributed by atoms with Crippen LogP contribution in [-0.4, -0.2) is 102 Å². The minimum Gasteiger partial charge on any atom is -0.475 e. The molecular weight excluding hydrogens is 419 g/mol. The summed E-state index contributed by atoms with van der Waals surface area (Å²) in [4.78, 5) is 28.8. The number of furan rings is 1. The highest BCUT2D eigenvalue weighted by Crippen LogP contribution is 2.33. The largest absolute Gasteiger partial charge is 0.490 e. The van der Waals surface area contributed by atoms with Gasteiger partial charge in [-0.25, -0.2) is 4.79 Å². The molecule has 3 atom stereocenters. The number of fused-ring (bicyclic) bond motifs is 1. The number of likely N-dealkylation sites (tertiary alicyclic amines) is 1. The van der Waals surface area contributed by atoms with Gasteiger partial charge in [-0.1, -0.05) is 0 Å². The number of carboxylic acid groups (broad SMARTS) is 1. The molecule has 0 aliphatic carbocycles. The molecule has 4 rings (SSSR count). The molecular formula is C20H28F3N3O5. The highest BCUT2D eigenvalue weighted by molar-refractivity contribution is 5.93. The molecule has 1 aromatic rings. The summed E-state index contributed by atoms with van der Waals surface area (Å²) in [5.74, 6) is -2.25. The quantitative estimate of drug-likeness (QED) is 0.740. The predicted molar refractivity (Wildman–Crippen MR) is 104 cm³/mol. The normalized spacial score (nSPS) is 27.4. The second kappa shape index (κ2) is 9.58. The van der Waals surface area contributed by atoms with Crippen molar-refractivity contribution in [1.29, 1.82) is 0 Å². The minimum atomic E-state index is -5.08. The van der Waals surface area contributed by atoms with Gasteiger partial charge < -0.3 is 24.1 Å². The number of hydrogen-bond donors (Lipinski definition) is 1. The van der Waals surface area contributed by atoms with Crippen molar-refractivity contribution in [1.82, 2.24) is 14.7 Å². The van der Waals surface area contributed by atoms with Crippen LogP contribution in [0.15, 0.2) is 16.7 Å². The van der Waals surface area contributed by atoms with Gasteiger partial charge in [-0.15, -0.1) is 0 Å². The lowest BCUT2D eigenvalue weighted by molar-refractivity contribution is -0.192. The van der Waals surface area contributed by atoms with E-state index in [1.807, 2.05) is 17.9 Å². The smallest absolute Gasteiger partial charge is 0.475 e. The Morgan fingerprint density at radius 2 is 1.81 bits per heavy atom. The number of carbonyl (C=O) groups is 2. The number of amides is 1. The molecule has 1 N–H and O–H groups in total. The van der Waals surface area contributed by atoms with Gasteiger partial charge in [-0.2, -0.15) is 13.2 Å². The van der Waals surface area contributed by atoms with Gasteiger partial charge in [0.25, 0.3) is 5.91 Å². The van der Waals surface area contributed by atoms with E-state index in [1.54, 1.807) is 6.26 Å². The summed E-state index contributed by atoms with van der Waals surface area (Å²) in [5.41, 5.74) is 0.913. The highest BCUT2D eigenvalue weighted by Gasteiger charge is 2.49.